The first kappa shape index (κ1) is 17.2. The Hall–Kier alpha value is -2.60. The summed E-state index contributed by atoms with van der Waals surface area (Å²) in [6.07, 6.45) is 1.41. The summed E-state index contributed by atoms with van der Waals surface area (Å²) in [5, 5.41) is 10.1. The van der Waals surface area contributed by atoms with Crippen LogP contribution in [-0.4, -0.2) is 16.8 Å². The molecule has 1 aromatic heterocycles. The van der Waals surface area contributed by atoms with Crippen molar-refractivity contribution in [2.75, 3.05) is 4.90 Å². The quantitative estimate of drug-likeness (QED) is 0.883. The minimum atomic E-state index is -0.945. The molecule has 1 atom stereocenters. The van der Waals surface area contributed by atoms with Crippen LogP contribution in [0.15, 0.2) is 52.3 Å². The highest BCUT2D eigenvalue weighted by Crippen LogP contribution is 2.42. The van der Waals surface area contributed by atoms with Crippen molar-refractivity contribution in [3.8, 4) is 0 Å². The first-order valence-corrected chi connectivity index (χ1v) is 8.00. The zero-order valence-corrected chi connectivity index (χ0v) is 14.2. The van der Waals surface area contributed by atoms with Crippen LogP contribution < -0.4 is 4.90 Å². The van der Waals surface area contributed by atoms with E-state index in [0.717, 1.165) is 6.07 Å². The molecule has 0 bridgehead atoms. The van der Waals surface area contributed by atoms with Crippen LogP contribution in [0.2, 0.25) is 5.02 Å². The molecule has 2 aromatic rings. The molecule has 7 heteroatoms. The van der Waals surface area contributed by atoms with Gasteiger partial charge in [0.2, 0.25) is 0 Å². The third-order valence-electron chi connectivity index (χ3n) is 3.99. The summed E-state index contributed by atoms with van der Waals surface area (Å²) in [4.78, 5) is 26.4. The Balaban J connectivity index is 2.17. The van der Waals surface area contributed by atoms with Crippen LogP contribution >= 0.6 is 11.6 Å². The van der Waals surface area contributed by atoms with Gasteiger partial charge in [-0.05, 0) is 30.3 Å². The number of amides is 1. The molecule has 0 fully saturated rings. The predicted molar refractivity (Wildman–Crippen MR) is 89.8 cm³/mol. The summed E-state index contributed by atoms with van der Waals surface area (Å²) in [5.41, 5.74) is 0.200. The van der Waals surface area contributed by atoms with Crippen molar-refractivity contribution < 1.29 is 23.5 Å². The molecule has 0 spiro atoms. The van der Waals surface area contributed by atoms with Gasteiger partial charge in [0.1, 0.15) is 17.6 Å². The average Bonchev–Trinajstić information content (AvgIpc) is 3.17. The van der Waals surface area contributed by atoms with Crippen molar-refractivity contribution in [3.05, 3.63) is 64.5 Å². The first-order chi connectivity index (χ1) is 11.8. The SMILES string of the molecule is CC(C)C(=O)C1=C(O)C(=O)N(c2ccc(F)c(Cl)c2)C1c1ccco1. The lowest BCUT2D eigenvalue weighted by Gasteiger charge is -2.25. The molecule has 2 heterocycles. The number of aliphatic hydroxyl groups excluding tert-OH is 1. The van der Waals surface area contributed by atoms with Crippen molar-refractivity contribution in [1.82, 2.24) is 0 Å². The maximum Gasteiger partial charge on any atom is 0.294 e. The molecule has 130 valence electrons. The van der Waals surface area contributed by atoms with Crippen molar-refractivity contribution in [2.24, 2.45) is 5.92 Å². The summed E-state index contributed by atoms with van der Waals surface area (Å²) in [7, 11) is 0. The van der Waals surface area contributed by atoms with Crippen molar-refractivity contribution in [1.29, 1.82) is 0 Å². The Kier molecular flexibility index (Phi) is 4.39. The zero-order chi connectivity index (χ0) is 18.3. The standard InChI is InChI=1S/C18H15ClFNO4/c1-9(2)16(22)14-15(13-4-3-7-25-13)21(18(24)17(14)23)10-5-6-12(20)11(19)8-10/h3-9,15,23H,1-2H3. The number of carbonyl (C=O) groups is 2. The molecule has 1 aliphatic rings. The molecule has 1 aliphatic heterocycles. The molecular weight excluding hydrogens is 349 g/mol. The number of benzene rings is 1. The summed E-state index contributed by atoms with van der Waals surface area (Å²) in [6, 6.07) is 6.00. The van der Waals surface area contributed by atoms with Crippen LogP contribution in [-0.2, 0) is 9.59 Å². The number of nitrogens with zero attached hydrogens (tertiary/aromatic N) is 1. The maximum absolute atomic E-state index is 13.5. The molecule has 5 nitrogen and oxygen atoms in total. The van der Waals surface area contributed by atoms with Crippen molar-refractivity contribution in [2.45, 2.75) is 19.9 Å². The summed E-state index contributed by atoms with van der Waals surface area (Å²) in [5.74, 6) is -2.54. The third-order valence-corrected chi connectivity index (χ3v) is 4.28. The number of furan rings is 1. The molecule has 1 aromatic carbocycles. The van der Waals surface area contributed by atoms with Gasteiger partial charge >= 0.3 is 0 Å². The summed E-state index contributed by atoms with van der Waals surface area (Å²) in [6.45, 7) is 3.34. The molecule has 25 heavy (non-hydrogen) atoms. The van der Waals surface area contributed by atoms with Crippen LogP contribution in [0.4, 0.5) is 10.1 Å². The van der Waals surface area contributed by atoms with Crippen molar-refractivity contribution in [3.63, 3.8) is 0 Å². The zero-order valence-electron chi connectivity index (χ0n) is 13.5. The van der Waals surface area contributed by atoms with E-state index < -0.39 is 29.4 Å². The fourth-order valence-corrected chi connectivity index (χ4v) is 2.96. The molecule has 0 aliphatic carbocycles. The second kappa shape index (κ2) is 6.37. The van der Waals surface area contributed by atoms with E-state index in [4.69, 9.17) is 16.0 Å². The Morgan fingerprint density at radius 1 is 1.36 bits per heavy atom. The second-order valence-electron chi connectivity index (χ2n) is 5.97. The van der Waals surface area contributed by atoms with Crippen LogP contribution in [0.3, 0.4) is 0 Å². The minimum absolute atomic E-state index is 0.0459. The summed E-state index contributed by atoms with van der Waals surface area (Å²) < 4.78 is 18.9. The highest BCUT2D eigenvalue weighted by molar-refractivity contribution is 6.31. The van der Waals surface area contributed by atoms with Gasteiger partial charge in [0.25, 0.3) is 5.91 Å². The van der Waals surface area contributed by atoms with Gasteiger partial charge in [0.15, 0.2) is 11.5 Å². The van der Waals surface area contributed by atoms with Crippen LogP contribution in [0.25, 0.3) is 0 Å². The Labute approximate surface area is 148 Å². The third kappa shape index (κ3) is 2.82. The van der Waals surface area contributed by atoms with Gasteiger partial charge in [-0.3, -0.25) is 14.5 Å². The normalized spacial score (nSPS) is 17.7. The van der Waals surface area contributed by atoms with Crippen LogP contribution in [0, 0.1) is 11.7 Å². The molecule has 0 radical (unpaired) electrons. The Bertz CT molecular complexity index is 873. The van der Waals surface area contributed by atoms with Gasteiger partial charge in [-0.1, -0.05) is 25.4 Å². The lowest BCUT2D eigenvalue weighted by molar-refractivity contribution is -0.119. The van der Waals surface area contributed by atoms with Gasteiger partial charge in [-0.25, -0.2) is 4.39 Å². The fourth-order valence-electron chi connectivity index (χ4n) is 2.79. The summed E-state index contributed by atoms with van der Waals surface area (Å²) >= 11 is 5.82. The molecular formula is C18H15ClFNO4. The van der Waals surface area contributed by atoms with Crippen LogP contribution in [0.1, 0.15) is 25.6 Å². The number of hydrogen-bond donors (Lipinski definition) is 1. The van der Waals surface area contributed by atoms with E-state index in [0.29, 0.717) is 5.76 Å². The number of aliphatic hydroxyl groups is 1. The molecule has 1 amide bonds. The van der Waals surface area contributed by atoms with Gasteiger partial charge in [0.05, 0.1) is 16.9 Å². The monoisotopic (exact) mass is 363 g/mol. The highest BCUT2D eigenvalue weighted by Gasteiger charge is 2.46. The fraction of sp³-hybridized carbons (Fsp3) is 0.222. The van der Waals surface area contributed by atoms with E-state index in [2.05, 4.69) is 0 Å². The van der Waals surface area contributed by atoms with E-state index in [1.165, 1.54) is 23.3 Å². The van der Waals surface area contributed by atoms with E-state index in [9.17, 15) is 19.1 Å². The van der Waals surface area contributed by atoms with Gasteiger partial charge in [0, 0.05) is 11.6 Å². The number of carbonyl (C=O) groups excluding carboxylic acids is 2. The largest absolute Gasteiger partial charge is 0.503 e. The van der Waals surface area contributed by atoms with Gasteiger partial charge < -0.3 is 9.52 Å². The molecule has 3 rings (SSSR count). The Morgan fingerprint density at radius 3 is 2.64 bits per heavy atom. The number of ketones is 1. The average molecular weight is 364 g/mol. The van der Waals surface area contributed by atoms with E-state index >= 15 is 0 Å². The molecule has 0 saturated carbocycles. The second-order valence-corrected chi connectivity index (χ2v) is 6.38. The molecule has 1 unspecified atom stereocenters. The lowest BCUT2D eigenvalue weighted by atomic mass is 9.94. The van der Waals surface area contributed by atoms with Gasteiger partial charge in [-0.2, -0.15) is 0 Å². The number of rotatable bonds is 4. The van der Waals surface area contributed by atoms with Gasteiger partial charge in [-0.15, -0.1) is 0 Å². The number of hydrogen-bond acceptors (Lipinski definition) is 4. The Morgan fingerprint density at radius 2 is 2.08 bits per heavy atom. The van der Waals surface area contributed by atoms with E-state index in [-0.39, 0.29) is 22.1 Å². The smallest absolute Gasteiger partial charge is 0.294 e. The predicted octanol–water partition coefficient (Wildman–Crippen LogP) is 4.20. The topological polar surface area (TPSA) is 70.8 Å². The molecule has 1 N–H and O–H groups in total. The van der Waals surface area contributed by atoms with Crippen molar-refractivity contribution >= 4 is 29.0 Å². The van der Waals surface area contributed by atoms with E-state index in [1.807, 2.05) is 0 Å². The number of halogens is 2. The number of Topliss-reactive ketones (excluding diaryl/α,β-unsaturated/α-hetero) is 1. The first-order valence-electron chi connectivity index (χ1n) is 7.62. The number of anilines is 1. The van der Waals surface area contributed by atoms with Crippen LogP contribution in [0.5, 0.6) is 0 Å². The minimum Gasteiger partial charge on any atom is -0.503 e. The van der Waals surface area contributed by atoms with E-state index in [1.54, 1.807) is 26.0 Å². The maximum atomic E-state index is 13.5. The molecule has 0 saturated heterocycles. The highest BCUT2D eigenvalue weighted by atomic mass is 35.5. The lowest BCUT2D eigenvalue weighted by Crippen LogP contribution is -2.31.